The third-order valence-electron chi connectivity index (χ3n) is 16.0. The second-order valence-corrected chi connectivity index (χ2v) is 18.8. The fraction of sp³-hybridized carbons (Fsp3) is 0.927. The molecule has 3 saturated heterocycles. The van der Waals surface area contributed by atoms with Crippen molar-refractivity contribution in [1.82, 2.24) is 0 Å². The summed E-state index contributed by atoms with van der Waals surface area (Å²) in [5, 5.41) is 66.9. The lowest BCUT2D eigenvalue weighted by molar-refractivity contribution is -0.336. The van der Waals surface area contributed by atoms with Gasteiger partial charge in [0.2, 0.25) is 0 Å². The maximum atomic E-state index is 12.6. The van der Waals surface area contributed by atoms with Crippen molar-refractivity contribution in [2.24, 2.45) is 34.5 Å². The van der Waals surface area contributed by atoms with E-state index in [-0.39, 0.29) is 61.1 Å². The highest BCUT2D eigenvalue weighted by Crippen LogP contribution is 2.70. The van der Waals surface area contributed by atoms with E-state index < -0.39 is 90.9 Å². The summed E-state index contributed by atoms with van der Waals surface area (Å²) in [5.41, 5.74) is -0.892. The molecule has 0 radical (unpaired) electrons. The summed E-state index contributed by atoms with van der Waals surface area (Å²) in [5.74, 6) is 0.204. The van der Waals surface area contributed by atoms with E-state index >= 15 is 0 Å². The molecule has 14 nitrogen and oxygen atoms in total. The number of carbonyl (C=O) groups excluding carboxylic acids is 1. The van der Waals surface area contributed by atoms with Gasteiger partial charge in [0, 0.05) is 30.8 Å². The lowest BCUT2D eigenvalue weighted by Crippen LogP contribution is -2.67. The van der Waals surface area contributed by atoms with Crippen LogP contribution in [-0.2, 0) is 38.0 Å². The first kappa shape index (κ1) is 40.5. The lowest BCUT2D eigenvalue weighted by Gasteiger charge is -2.65. The molecule has 0 aromatic rings. The molecular formula is C41H64O14. The third-order valence-corrected chi connectivity index (χ3v) is 16.0. The predicted octanol–water partition coefficient (Wildman–Crippen LogP) is 2.22. The summed E-state index contributed by atoms with van der Waals surface area (Å²) in [7, 11) is 0. The first-order valence-corrected chi connectivity index (χ1v) is 20.9. The number of aliphatic hydroxyl groups is 6. The molecule has 21 atom stereocenters. The van der Waals surface area contributed by atoms with Crippen LogP contribution in [0.3, 0.4) is 0 Å². The van der Waals surface area contributed by atoms with Crippen molar-refractivity contribution in [3.05, 3.63) is 11.6 Å². The van der Waals surface area contributed by atoms with Gasteiger partial charge in [0.1, 0.15) is 24.9 Å². The maximum Gasteiger partial charge on any atom is 0.331 e. The molecule has 55 heavy (non-hydrogen) atoms. The molecule has 6 N–H and O–H groups in total. The minimum atomic E-state index is -1.01. The van der Waals surface area contributed by atoms with Gasteiger partial charge >= 0.3 is 5.97 Å². The highest BCUT2D eigenvalue weighted by Gasteiger charge is 2.71. The molecule has 0 unspecified atom stereocenters. The topological polar surface area (TPSA) is 203 Å². The van der Waals surface area contributed by atoms with Gasteiger partial charge in [0.25, 0.3) is 0 Å². The first-order valence-electron chi connectivity index (χ1n) is 20.9. The largest absolute Gasteiger partial charge is 0.458 e. The molecule has 0 aromatic heterocycles. The number of ether oxygens (including phenoxy) is 7. The van der Waals surface area contributed by atoms with Crippen molar-refractivity contribution < 1.29 is 68.6 Å². The number of aliphatic hydroxyl groups excluding tert-OH is 5. The fourth-order valence-electron chi connectivity index (χ4n) is 12.8. The van der Waals surface area contributed by atoms with E-state index in [1.807, 2.05) is 13.8 Å². The summed E-state index contributed by atoms with van der Waals surface area (Å²) in [4.78, 5) is 11.9. The van der Waals surface area contributed by atoms with Gasteiger partial charge < -0.3 is 63.8 Å². The van der Waals surface area contributed by atoms with E-state index in [9.17, 15) is 35.4 Å². The molecule has 312 valence electrons. The molecule has 8 aliphatic rings. The zero-order valence-electron chi connectivity index (χ0n) is 32.9. The second kappa shape index (κ2) is 15.1. The Bertz CT molecular complexity index is 1410. The highest BCUT2D eigenvalue weighted by molar-refractivity contribution is 5.85. The second-order valence-electron chi connectivity index (χ2n) is 18.8. The van der Waals surface area contributed by atoms with Crippen molar-refractivity contribution in [2.45, 2.75) is 197 Å². The first-order chi connectivity index (χ1) is 26.0. The number of fused-ring (bicyclic) bond motifs is 5. The molecule has 7 fully saturated rings. The van der Waals surface area contributed by atoms with Crippen LogP contribution in [-0.4, -0.2) is 135 Å². The number of esters is 1. The maximum absolute atomic E-state index is 12.6. The van der Waals surface area contributed by atoms with Crippen molar-refractivity contribution >= 4 is 5.97 Å². The average Bonchev–Trinajstić information content (AvgIpc) is 3.67. The quantitative estimate of drug-likeness (QED) is 0.162. The molecule has 0 bridgehead atoms. The number of carbonyl (C=O) groups is 1. The molecule has 0 amide bonds. The van der Waals surface area contributed by atoms with E-state index in [0.717, 1.165) is 44.1 Å². The van der Waals surface area contributed by atoms with E-state index in [0.29, 0.717) is 18.8 Å². The summed E-state index contributed by atoms with van der Waals surface area (Å²) in [6, 6.07) is 0. The summed E-state index contributed by atoms with van der Waals surface area (Å²) in [6.07, 6.45) is -1.51. The van der Waals surface area contributed by atoms with Crippen LogP contribution >= 0.6 is 0 Å². The van der Waals surface area contributed by atoms with E-state index in [4.69, 9.17) is 33.2 Å². The number of cyclic esters (lactones) is 1. The summed E-state index contributed by atoms with van der Waals surface area (Å²) >= 11 is 0. The van der Waals surface area contributed by atoms with Crippen LogP contribution in [0.5, 0.6) is 0 Å². The minimum absolute atomic E-state index is 0.0452. The Morgan fingerprint density at radius 3 is 1.87 bits per heavy atom. The standard InChI is InChI=1S/C41H64O14/c1-19-36(47)28(42)15-34(50-19)54-38-21(3)52-35(17-30(38)44)55-37-20(2)51-33(16-29(37)43)53-24-8-10-39(4)23(13-24)6-7-26-27(39)14-31(45)40(5)25(9-11-41(26,40)48)22-12-32(46)49-18-22/h12,19-21,23-31,33-38,42-45,47-48H,6-11,13-18H2,1-5H3/t19-,20+,21+,23+,24+,25-,26+,27-,28-,29+,30+,31-,33-,34+,35-,36-,37-,38-,39-,40-,41+/m0/s1. The smallest absolute Gasteiger partial charge is 0.331 e. The van der Waals surface area contributed by atoms with Crippen molar-refractivity contribution in [2.75, 3.05) is 6.61 Å². The van der Waals surface area contributed by atoms with Crippen LogP contribution in [0.4, 0.5) is 0 Å². The Labute approximate surface area is 323 Å². The lowest BCUT2D eigenvalue weighted by atomic mass is 9.42. The molecule has 4 aliphatic carbocycles. The molecule has 14 heteroatoms. The van der Waals surface area contributed by atoms with E-state index in [1.165, 1.54) is 0 Å². The number of rotatable bonds is 7. The van der Waals surface area contributed by atoms with Gasteiger partial charge in [-0.2, -0.15) is 0 Å². The Balaban J connectivity index is 0.837. The van der Waals surface area contributed by atoms with Crippen LogP contribution in [0.25, 0.3) is 0 Å². The monoisotopic (exact) mass is 780 g/mol. The zero-order valence-corrected chi connectivity index (χ0v) is 32.9. The molecule has 4 saturated carbocycles. The zero-order chi connectivity index (χ0) is 39.2. The van der Waals surface area contributed by atoms with Crippen LogP contribution in [0, 0.1) is 34.5 Å². The normalized spacial score (nSPS) is 55.5. The van der Waals surface area contributed by atoms with E-state index in [2.05, 4.69) is 6.92 Å². The van der Waals surface area contributed by atoms with Gasteiger partial charge in [0.05, 0.1) is 54.4 Å². The highest BCUT2D eigenvalue weighted by atomic mass is 16.7. The van der Waals surface area contributed by atoms with Crippen molar-refractivity contribution in [3.8, 4) is 0 Å². The number of hydrogen-bond donors (Lipinski definition) is 6. The van der Waals surface area contributed by atoms with Gasteiger partial charge in [-0.05, 0) is 107 Å². The van der Waals surface area contributed by atoms with Crippen LogP contribution < -0.4 is 0 Å². The molecule has 4 heterocycles. The minimum Gasteiger partial charge on any atom is -0.458 e. The van der Waals surface area contributed by atoms with Gasteiger partial charge in [-0.1, -0.05) is 13.8 Å². The summed E-state index contributed by atoms with van der Waals surface area (Å²) in [6.45, 7) is 9.90. The van der Waals surface area contributed by atoms with Crippen molar-refractivity contribution in [3.63, 3.8) is 0 Å². The molecule has 4 aliphatic heterocycles. The molecule has 0 spiro atoms. The summed E-state index contributed by atoms with van der Waals surface area (Å²) < 4.78 is 42.1. The Morgan fingerprint density at radius 2 is 1.29 bits per heavy atom. The Morgan fingerprint density at radius 1 is 0.691 bits per heavy atom. The molecule has 0 aromatic carbocycles. The number of hydrogen-bond acceptors (Lipinski definition) is 14. The SMILES string of the molecule is C[C@@H]1O[C@H](O[C@@H]2[C@H](O)C[C@H](O[C@@H]3[C@H](O)C[C@H](O[C@@H]4CC[C@@]5(C)[C@H](CC[C@@H]6[C@@H]5C[C@H](O)[C@]5(C)[C@H](C7=CC(=O)OC7)CC[C@@]65O)C4)O[C@@H]3C)O[C@@H]2C)C[C@H](O)[C@H]1O. The average molecular weight is 781 g/mol. The fourth-order valence-corrected chi connectivity index (χ4v) is 12.8. The Kier molecular flexibility index (Phi) is 11.1. The predicted molar refractivity (Wildman–Crippen MR) is 193 cm³/mol. The molecular weight excluding hydrogens is 716 g/mol. The van der Waals surface area contributed by atoms with Crippen LogP contribution in [0.15, 0.2) is 11.6 Å². The van der Waals surface area contributed by atoms with Crippen molar-refractivity contribution in [1.29, 1.82) is 0 Å². The van der Waals surface area contributed by atoms with Gasteiger partial charge in [-0.25, -0.2) is 4.79 Å². The van der Waals surface area contributed by atoms with Gasteiger partial charge in [-0.15, -0.1) is 0 Å². The van der Waals surface area contributed by atoms with Gasteiger partial charge in [0.15, 0.2) is 18.9 Å². The third kappa shape index (κ3) is 6.95. The van der Waals surface area contributed by atoms with Crippen LogP contribution in [0.1, 0.15) is 105 Å². The van der Waals surface area contributed by atoms with E-state index in [1.54, 1.807) is 19.9 Å². The molecule has 8 rings (SSSR count). The van der Waals surface area contributed by atoms with Crippen LogP contribution in [0.2, 0.25) is 0 Å². The van der Waals surface area contributed by atoms with Gasteiger partial charge in [-0.3, -0.25) is 0 Å². The Hall–Kier alpha value is -1.27.